The number of non-ortho nitro benzene ring substituents is 1. The zero-order valence-corrected chi connectivity index (χ0v) is 10.2. The monoisotopic (exact) mass is 238 g/mol. The molecule has 0 saturated carbocycles. The summed E-state index contributed by atoms with van der Waals surface area (Å²) in [7, 11) is 1.67. The first-order valence-corrected chi connectivity index (χ1v) is 5.67. The molecule has 0 radical (unpaired) electrons. The fourth-order valence-corrected chi connectivity index (χ4v) is 1.66. The maximum absolute atomic E-state index is 10.5. The lowest BCUT2D eigenvalue weighted by Crippen LogP contribution is -2.24. The quantitative estimate of drug-likeness (QED) is 0.586. The zero-order chi connectivity index (χ0) is 12.7. The van der Waals surface area contributed by atoms with E-state index >= 15 is 0 Å². The molecule has 0 heterocycles. The van der Waals surface area contributed by atoms with Crippen LogP contribution in [0.1, 0.15) is 19.8 Å². The van der Waals surface area contributed by atoms with Crippen molar-refractivity contribution >= 4 is 11.4 Å². The van der Waals surface area contributed by atoms with Gasteiger partial charge in [-0.15, -0.1) is 0 Å². The number of nitro benzene ring substituents is 1. The van der Waals surface area contributed by atoms with E-state index in [1.54, 1.807) is 19.2 Å². The molecule has 1 unspecified atom stereocenters. The normalized spacial score (nSPS) is 12.1. The Morgan fingerprint density at radius 1 is 1.41 bits per heavy atom. The predicted molar refractivity (Wildman–Crippen MR) is 67.3 cm³/mol. The summed E-state index contributed by atoms with van der Waals surface area (Å²) in [5.74, 6) is 0. The second-order valence-electron chi connectivity index (χ2n) is 3.89. The number of nitrogens with one attached hydrogen (secondary N) is 1. The van der Waals surface area contributed by atoms with E-state index in [1.165, 1.54) is 12.1 Å². The van der Waals surface area contributed by atoms with Gasteiger partial charge in [0.1, 0.15) is 0 Å². The van der Waals surface area contributed by atoms with E-state index in [4.69, 9.17) is 4.74 Å². The number of nitro groups is 1. The number of hydrogen-bond acceptors (Lipinski definition) is 4. The van der Waals surface area contributed by atoms with Gasteiger partial charge in [0.05, 0.1) is 11.5 Å². The summed E-state index contributed by atoms with van der Waals surface area (Å²) < 4.78 is 5.12. The summed E-state index contributed by atoms with van der Waals surface area (Å²) in [5, 5.41) is 13.8. The lowest BCUT2D eigenvalue weighted by atomic mass is 10.1. The lowest BCUT2D eigenvalue weighted by Gasteiger charge is -2.18. The van der Waals surface area contributed by atoms with Crippen LogP contribution in [0.2, 0.25) is 0 Å². The third-order valence-electron chi connectivity index (χ3n) is 2.45. The Labute approximate surface area is 101 Å². The van der Waals surface area contributed by atoms with E-state index in [2.05, 4.69) is 12.2 Å². The average Bonchev–Trinajstić information content (AvgIpc) is 2.30. The second kappa shape index (κ2) is 6.85. The van der Waals surface area contributed by atoms with Gasteiger partial charge in [0.15, 0.2) is 0 Å². The highest BCUT2D eigenvalue weighted by atomic mass is 16.6. The van der Waals surface area contributed by atoms with Crippen molar-refractivity contribution in [1.82, 2.24) is 0 Å². The number of benzene rings is 1. The summed E-state index contributed by atoms with van der Waals surface area (Å²) in [6.07, 6.45) is 2.07. The van der Waals surface area contributed by atoms with Gasteiger partial charge < -0.3 is 10.1 Å². The van der Waals surface area contributed by atoms with Gasteiger partial charge >= 0.3 is 0 Å². The summed E-state index contributed by atoms with van der Waals surface area (Å²) in [5.41, 5.74) is 0.987. The molecule has 0 amide bonds. The summed E-state index contributed by atoms with van der Waals surface area (Å²) in [6.45, 7) is 2.74. The maximum Gasteiger partial charge on any atom is 0.269 e. The molecular weight excluding hydrogens is 220 g/mol. The van der Waals surface area contributed by atoms with Crippen molar-refractivity contribution in [3.63, 3.8) is 0 Å². The molecule has 0 aromatic heterocycles. The number of rotatable bonds is 7. The van der Waals surface area contributed by atoms with Gasteiger partial charge in [-0.3, -0.25) is 10.1 Å². The Morgan fingerprint density at radius 3 is 2.53 bits per heavy atom. The molecule has 0 aliphatic carbocycles. The molecule has 0 aliphatic rings. The Kier molecular flexibility index (Phi) is 5.42. The minimum absolute atomic E-state index is 0.106. The van der Waals surface area contributed by atoms with Crippen LogP contribution in [0.25, 0.3) is 0 Å². The number of ether oxygens (including phenoxy) is 1. The number of hydrogen-bond donors (Lipinski definition) is 1. The first kappa shape index (κ1) is 13.4. The van der Waals surface area contributed by atoms with E-state index < -0.39 is 4.92 Å². The van der Waals surface area contributed by atoms with Gasteiger partial charge in [0, 0.05) is 31.0 Å². The Hall–Kier alpha value is -1.62. The Morgan fingerprint density at radius 2 is 2.06 bits per heavy atom. The zero-order valence-electron chi connectivity index (χ0n) is 10.2. The fourth-order valence-electron chi connectivity index (χ4n) is 1.66. The molecule has 17 heavy (non-hydrogen) atoms. The highest BCUT2D eigenvalue weighted by Crippen LogP contribution is 2.17. The van der Waals surface area contributed by atoms with Crippen LogP contribution in [-0.4, -0.2) is 24.7 Å². The second-order valence-corrected chi connectivity index (χ2v) is 3.89. The van der Waals surface area contributed by atoms with E-state index in [0.29, 0.717) is 6.61 Å². The van der Waals surface area contributed by atoms with E-state index in [1.807, 2.05) is 0 Å². The summed E-state index contributed by atoms with van der Waals surface area (Å²) in [6, 6.07) is 6.68. The molecule has 5 heteroatoms. The van der Waals surface area contributed by atoms with Crippen molar-refractivity contribution in [3.8, 4) is 0 Å². The SMILES string of the molecule is CCCC(COC)Nc1ccc([N+](=O)[O-])cc1. The molecule has 0 aliphatic heterocycles. The molecule has 1 N–H and O–H groups in total. The third kappa shape index (κ3) is 4.40. The highest BCUT2D eigenvalue weighted by molar-refractivity contribution is 5.49. The van der Waals surface area contributed by atoms with Crippen molar-refractivity contribution < 1.29 is 9.66 Å². The molecule has 5 nitrogen and oxygen atoms in total. The van der Waals surface area contributed by atoms with E-state index in [9.17, 15) is 10.1 Å². The van der Waals surface area contributed by atoms with Gasteiger partial charge in [-0.25, -0.2) is 0 Å². The van der Waals surface area contributed by atoms with Crippen molar-refractivity contribution in [1.29, 1.82) is 0 Å². The van der Waals surface area contributed by atoms with Crippen LogP contribution in [0, 0.1) is 10.1 Å². The smallest absolute Gasteiger partial charge is 0.269 e. The summed E-state index contributed by atoms with van der Waals surface area (Å²) in [4.78, 5) is 10.1. The minimum Gasteiger partial charge on any atom is -0.383 e. The standard InChI is InChI=1S/C12H18N2O3/c1-3-4-11(9-17-2)13-10-5-7-12(8-6-10)14(15)16/h5-8,11,13H,3-4,9H2,1-2H3. The molecule has 1 aromatic rings. The largest absolute Gasteiger partial charge is 0.383 e. The third-order valence-corrected chi connectivity index (χ3v) is 2.45. The van der Waals surface area contributed by atoms with Gasteiger partial charge in [0.2, 0.25) is 0 Å². The molecule has 0 bridgehead atoms. The number of anilines is 1. The molecule has 0 fully saturated rings. The topological polar surface area (TPSA) is 64.4 Å². The molecule has 1 atom stereocenters. The predicted octanol–water partition coefficient (Wildman–Crippen LogP) is 2.82. The van der Waals surface area contributed by atoms with Crippen molar-refractivity contribution in [2.24, 2.45) is 0 Å². The number of methoxy groups -OCH3 is 1. The van der Waals surface area contributed by atoms with Crippen LogP contribution in [0.4, 0.5) is 11.4 Å². The first-order chi connectivity index (χ1) is 8.17. The van der Waals surface area contributed by atoms with Gasteiger partial charge in [-0.2, -0.15) is 0 Å². The van der Waals surface area contributed by atoms with E-state index in [-0.39, 0.29) is 11.7 Å². The Bertz CT molecular complexity index is 345. The van der Waals surface area contributed by atoms with Crippen LogP contribution >= 0.6 is 0 Å². The average molecular weight is 238 g/mol. The highest BCUT2D eigenvalue weighted by Gasteiger charge is 2.08. The van der Waals surface area contributed by atoms with Crippen molar-refractivity contribution in [2.75, 3.05) is 19.0 Å². The fraction of sp³-hybridized carbons (Fsp3) is 0.500. The first-order valence-electron chi connectivity index (χ1n) is 5.67. The molecule has 0 saturated heterocycles. The maximum atomic E-state index is 10.5. The van der Waals surface area contributed by atoms with Crippen LogP contribution in [0.5, 0.6) is 0 Å². The minimum atomic E-state index is -0.400. The van der Waals surface area contributed by atoms with Crippen LogP contribution in [0.15, 0.2) is 24.3 Å². The molecule has 0 spiro atoms. The van der Waals surface area contributed by atoms with Crippen molar-refractivity contribution in [2.45, 2.75) is 25.8 Å². The van der Waals surface area contributed by atoms with Crippen LogP contribution < -0.4 is 5.32 Å². The molecular formula is C12H18N2O3. The van der Waals surface area contributed by atoms with Crippen LogP contribution in [0.3, 0.4) is 0 Å². The molecule has 1 rings (SSSR count). The van der Waals surface area contributed by atoms with Crippen LogP contribution in [-0.2, 0) is 4.74 Å². The molecule has 1 aromatic carbocycles. The lowest BCUT2D eigenvalue weighted by molar-refractivity contribution is -0.384. The Balaban J connectivity index is 2.62. The van der Waals surface area contributed by atoms with E-state index in [0.717, 1.165) is 18.5 Å². The molecule has 94 valence electrons. The number of nitrogens with zero attached hydrogens (tertiary/aromatic N) is 1. The summed E-state index contributed by atoms with van der Waals surface area (Å²) >= 11 is 0. The van der Waals surface area contributed by atoms with Gasteiger partial charge in [-0.05, 0) is 18.6 Å². The van der Waals surface area contributed by atoms with Gasteiger partial charge in [-0.1, -0.05) is 13.3 Å². The van der Waals surface area contributed by atoms with Crippen molar-refractivity contribution in [3.05, 3.63) is 34.4 Å². The van der Waals surface area contributed by atoms with Gasteiger partial charge in [0.25, 0.3) is 5.69 Å².